The first-order valence-corrected chi connectivity index (χ1v) is 8.71. The molecular weight excluding hydrogens is 344 g/mol. The standard InChI is InChI=1S/C20H18N4O3/c1-12-5-8-17-21-10-16(20(27)24(17)11-12)19(26)23-15-4-2-3-14(9-15)22-18(25)13-6-7-13/h2-5,8-11,13H,6-7H2,1H3,(H,22,25)(H,23,26). The summed E-state index contributed by atoms with van der Waals surface area (Å²) in [5.41, 5.74) is 1.98. The van der Waals surface area contributed by atoms with E-state index in [-0.39, 0.29) is 17.4 Å². The Hall–Kier alpha value is -3.48. The molecule has 2 amide bonds. The second kappa shape index (κ2) is 6.68. The van der Waals surface area contributed by atoms with E-state index in [0.29, 0.717) is 17.0 Å². The van der Waals surface area contributed by atoms with Crippen molar-refractivity contribution in [2.45, 2.75) is 19.8 Å². The van der Waals surface area contributed by atoms with Crippen LogP contribution in [0.4, 0.5) is 11.4 Å². The molecular formula is C20H18N4O3. The molecule has 2 N–H and O–H groups in total. The predicted molar refractivity (Wildman–Crippen MR) is 102 cm³/mol. The lowest BCUT2D eigenvalue weighted by Crippen LogP contribution is -2.26. The topological polar surface area (TPSA) is 92.6 Å². The minimum Gasteiger partial charge on any atom is -0.326 e. The van der Waals surface area contributed by atoms with E-state index in [1.165, 1.54) is 10.6 Å². The summed E-state index contributed by atoms with van der Waals surface area (Å²) in [6.07, 6.45) is 4.76. The Morgan fingerprint density at radius 3 is 2.59 bits per heavy atom. The summed E-state index contributed by atoms with van der Waals surface area (Å²) in [4.78, 5) is 41.2. The van der Waals surface area contributed by atoms with Crippen molar-refractivity contribution in [1.29, 1.82) is 0 Å². The molecule has 2 aromatic heterocycles. The molecule has 7 heteroatoms. The molecule has 0 unspecified atom stereocenters. The van der Waals surface area contributed by atoms with Crippen LogP contribution in [-0.4, -0.2) is 21.2 Å². The zero-order valence-electron chi connectivity index (χ0n) is 14.7. The lowest BCUT2D eigenvalue weighted by Gasteiger charge is -2.09. The van der Waals surface area contributed by atoms with Crippen LogP contribution in [0.3, 0.4) is 0 Å². The van der Waals surface area contributed by atoms with Crippen LogP contribution in [0.5, 0.6) is 0 Å². The van der Waals surface area contributed by atoms with Gasteiger partial charge in [0.25, 0.3) is 11.5 Å². The van der Waals surface area contributed by atoms with Crippen LogP contribution in [0.25, 0.3) is 5.65 Å². The molecule has 0 saturated heterocycles. The number of aryl methyl sites for hydroxylation is 1. The van der Waals surface area contributed by atoms with Crippen molar-refractivity contribution < 1.29 is 9.59 Å². The van der Waals surface area contributed by atoms with Crippen LogP contribution in [-0.2, 0) is 4.79 Å². The number of aromatic nitrogens is 2. The van der Waals surface area contributed by atoms with Crippen molar-refractivity contribution in [1.82, 2.24) is 9.38 Å². The zero-order chi connectivity index (χ0) is 19.0. The molecule has 1 aliphatic rings. The number of carbonyl (C=O) groups excluding carboxylic acids is 2. The number of amides is 2. The fourth-order valence-electron chi connectivity index (χ4n) is 2.80. The Balaban J connectivity index is 1.57. The third kappa shape index (κ3) is 3.57. The molecule has 1 fully saturated rings. The van der Waals surface area contributed by atoms with E-state index in [4.69, 9.17) is 0 Å². The number of hydrogen-bond donors (Lipinski definition) is 2. The molecule has 0 atom stereocenters. The number of pyridine rings is 1. The number of hydrogen-bond acceptors (Lipinski definition) is 4. The van der Waals surface area contributed by atoms with Crippen LogP contribution in [0, 0.1) is 12.8 Å². The summed E-state index contributed by atoms with van der Waals surface area (Å²) >= 11 is 0. The van der Waals surface area contributed by atoms with Crippen LogP contribution in [0.2, 0.25) is 0 Å². The van der Waals surface area contributed by atoms with E-state index >= 15 is 0 Å². The van der Waals surface area contributed by atoms with Crippen LogP contribution in [0.15, 0.2) is 53.6 Å². The number of nitrogens with zero attached hydrogens (tertiary/aromatic N) is 2. The Labute approximate surface area is 155 Å². The molecule has 0 aliphatic heterocycles. The van der Waals surface area contributed by atoms with Gasteiger partial charge in [-0.05, 0) is 49.6 Å². The second-order valence-corrected chi connectivity index (χ2v) is 6.71. The van der Waals surface area contributed by atoms with Crippen molar-refractivity contribution in [3.63, 3.8) is 0 Å². The van der Waals surface area contributed by atoms with E-state index in [1.54, 1.807) is 36.5 Å². The molecule has 0 spiro atoms. The van der Waals surface area contributed by atoms with Gasteiger partial charge in [-0.1, -0.05) is 12.1 Å². The van der Waals surface area contributed by atoms with E-state index in [1.807, 2.05) is 13.0 Å². The largest absolute Gasteiger partial charge is 0.326 e. The summed E-state index contributed by atoms with van der Waals surface area (Å²) in [6.45, 7) is 1.86. The predicted octanol–water partition coefficient (Wildman–Crippen LogP) is 2.60. The van der Waals surface area contributed by atoms with Gasteiger partial charge in [0, 0.05) is 29.7 Å². The molecule has 0 radical (unpaired) electrons. The Morgan fingerprint density at radius 2 is 1.85 bits per heavy atom. The van der Waals surface area contributed by atoms with Crippen molar-refractivity contribution in [3.8, 4) is 0 Å². The maximum atomic E-state index is 12.6. The van der Waals surface area contributed by atoms with E-state index in [0.717, 1.165) is 18.4 Å². The van der Waals surface area contributed by atoms with Gasteiger partial charge in [0.15, 0.2) is 0 Å². The maximum Gasteiger partial charge on any atom is 0.270 e. The average molecular weight is 362 g/mol. The highest BCUT2D eigenvalue weighted by Crippen LogP contribution is 2.30. The fraction of sp³-hybridized carbons (Fsp3) is 0.200. The third-order valence-electron chi connectivity index (χ3n) is 4.43. The van der Waals surface area contributed by atoms with Gasteiger partial charge in [0.2, 0.25) is 5.91 Å². The number of fused-ring (bicyclic) bond motifs is 1. The Kier molecular flexibility index (Phi) is 4.19. The molecule has 0 bridgehead atoms. The number of carbonyl (C=O) groups is 2. The number of anilines is 2. The molecule has 3 aromatic rings. The SMILES string of the molecule is Cc1ccc2ncc(C(=O)Nc3cccc(NC(=O)C4CC4)c3)c(=O)n2c1. The summed E-state index contributed by atoms with van der Waals surface area (Å²) < 4.78 is 1.36. The second-order valence-electron chi connectivity index (χ2n) is 6.71. The van der Waals surface area contributed by atoms with E-state index in [2.05, 4.69) is 15.6 Å². The average Bonchev–Trinajstić information content (AvgIpc) is 3.48. The van der Waals surface area contributed by atoms with Crippen LogP contribution in [0.1, 0.15) is 28.8 Å². The molecule has 1 aliphatic carbocycles. The lowest BCUT2D eigenvalue weighted by atomic mass is 10.2. The molecule has 2 heterocycles. The van der Waals surface area contributed by atoms with Gasteiger partial charge in [-0.2, -0.15) is 0 Å². The monoisotopic (exact) mass is 362 g/mol. The molecule has 27 heavy (non-hydrogen) atoms. The minimum absolute atomic E-state index is 0.00850. The first-order valence-electron chi connectivity index (χ1n) is 8.71. The third-order valence-corrected chi connectivity index (χ3v) is 4.43. The quantitative estimate of drug-likeness (QED) is 0.746. The number of benzene rings is 1. The van der Waals surface area contributed by atoms with E-state index < -0.39 is 11.5 Å². The zero-order valence-corrected chi connectivity index (χ0v) is 14.7. The van der Waals surface area contributed by atoms with Gasteiger partial charge in [0.1, 0.15) is 11.2 Å². The van der Waals surface area contributed by atoms with Crippen molar-refractivity contribution in [2.75, 3.05) is 10.6 Å². The molecule has 1 saturated carbocycles. The van der Waals surface area contributed by atoms with E-state index in [9.17, 15) is 14.4 Å². The lowest BCUT2D eigenvalue weighted by molar-refractivity contribution is -0.117. The summed E-state index contributed by atoms with van der Waals surface area (Å²) in [5, 5.41) is 5.52. The van der Waals surface area contributed by atoms with Gasteiger partial charge in [-0.15, -0.1) is 0 Å². The Morgan fingerprint density at radius 1 is 1.11 bits per heavy atom. The van der Waals surface area contributed by atoms with Crippen molar-refractivity contribution >= 4 is 28.8 Å². The number of nitrogens with one attached hydrogen (secondary N) is 2. The number of rotatable bonds is 4. The van der Waals surface area contributed by atoms with Crippen LogP contribution >= 0.6 is 0 Å². The maximum absolute atomic E-state index is 12.6. The molecule has 136 valence electrons. The Bertz CT molecular complexity index is 1120. The van der Waals surface area contributed by atoms with Gasteiger partial charge in [0.05, 0.1) is 0 Å². The molecule has 1 aromatic carbocycles. The highest BCUT2D eigenvalue weighted by atomic mass is 16.2. The first kappa shape index (κ1) is 17.0. The smallest absolute Gasteiger partial charge is 0.270 e. The van der Waals surface area contributed by atoms with Gasteiger partial charge in [-0.3, -0.25) is 18.8 Å². The summed E-state index contributed by atoms with van der Waals surface area (Å²) in [5.74, 6) is -0.463. The molecule has 4 rings (SSSR count). The summed E-state index contributed by atoms with van der Waals surface area (Å²) in [6, 6.07) is 10.4. The minimum atomic E-state index is -0.547. The van der Waals surface area contributed by atoms with Gasteiger partial charge in [-0.25, -0.2) is 4.98 Å². The highest BCUT2D eigenvalue weighted by Gasteiger charge is 2.29. The van der Waals surface area contributed by atoms with Gasteiger partial charge < -0.3 is 10.6 Å². The first-order chi connectivity index (χ1) is 13.0. The summed E-state index contributed by atoms with van der Waals surface area (Å²) in [7, 11) is 0. The molecule has 7 nitrogen and oxygen atoms in total. The highest BCUT2D eigenvalue weighted by molar-refractivity contribution is 6.04. The fourth-order valence-corrected chi connectivity index (χ4v) is 2.80. The normalized spacial score (nSPS) is 13.4. The van der Waals surface area contributed by atoms with Crippen LogP contribution < -0.4 is 16.2 Å². The van der Waals surface area contributed by atoms with Crippen molar-refractivity contribution in [3.05, 3.63) is 70.3 Å². The van der Waals surface area contributed by atoms with Crippen molar-refractivity contribution in [2.24, 2.45) is 5.92 Å². The van der Waals surface area contributed by atoms with Gasteiger partial charge >= 0.3 is 0 Å².